The molecule has 0 aliphatic carbocycles. The lowest BCUT2D eigenvalue weighted by Crippen LogP contribution is -1.95. The van der Waals surface area contributed by atoms with E-state index in [1.54, 1.807) is 25.3 Å². The SMILES string of the molecule is COc1cc(O)cc(C=Cc2ccc(O)c(SC)c2)c1CC=C(C)C. The van der Waals surface area contributed by atoms with Gasteiger partial charge in [0.05, 0.1) is 7.11 Å². The van der Waals surface area contributed by atoms with Gasteiger partial charge in [-0.2, -0.15) is 0 Å². The third kappa shape index (κ3) is 5.07. The van der Waals surface area contributed by atoms with Gasteiger partial charge in [-0.05, 0) is 55.9 Å². The monoisotopic (exact) mass is 356 g/mol. The Morgan fingerprint density at radius 1 is 1.12 bits per heavy atom. The second-order valence-corrected chi connectivity index (χ2v) is 6.81. The number of rotatable bonds is 6. The lowest BCUT2D eigenvalue weighted by atomic mass is 10.00. The highest BCUT2D eigenvalue weighted by atomic mass is 32.2. The number of methoxy groups -OCH3 is 1. The third-order valence-corrected chi connectivity index (χ3v) is 4.59. The Hall–Kier alpha value is -2.33. The van der Waals surface area contributed by atoms with Crippen molar-refractivity contribution < 1.29 is 14.9 Å². The summed E-state index contributed by atoms with van der Waals surface area (Å²) in [4.78, 5) is 0.834. The molecular weight excluding hydrogens is 332 g/mol. The Balaban J connectivity index is 2.43. The number of aromatic hydroxyl groups is 2. The fourth-order valence-electron chi connectivity index (χ4n) is 2.49. The molecule has 4 heteroatoms. The van der Waals surface area contributed by atoms with Crippen molar-refractivity contribution in [2.45, 2.75) is 25.2 Å². The Labute approximate surface area is 153 Å². The zero-order valence-corrected chi connectivity index (χ0v) is 15.9. The number of ether oxygens (including phenoxy) is 1. The Morgan fingerprint density at radius 2 is 1.88 bits per heavy atom. The van der Waals surface area contributed by atoms with Crippen LogP contribution in [0.25, 0.3) is 12.2 Å². The molecule has 2 aromatic rings. The number of phenols is 2. The number of thioether (sulfide) groups is 1. The fourth-order valence-corrected chi connectivity index (χ4v) is 3.02. The van der Waals surface area contributed by atoms with Crippen molar-refractivity contribution in [2.75, 3.05) is 13.4 Å². The molecule has 2 rings (SSSR count). The lowest BCUT2D eigenvalue weighted by molar-refractivity contribution is 0.403. The van der Waals surface area contributed by atoms with Gasteiger partial charge < -0.3 is 14.9 Å². The minimum atomic E-state index is 0.174. The summed E-state index contributed by atoms with van der Waals surface area (Å²) in [7, 11) is 1.61. The van der Waals surface area contributed by atoms with Crippen LogP contribution >= 0.6 is 11.8 Å². The van der Waals surface area contributed by atoms with Crippen LogP contribution in [0.1, 0.15) is 30.5 Å². The largest absolute Gasteiger partial charge is 0.508 e. The molecule has 0 amide bonds. The molecule has 0 atom stereocenters. The number of allylic oxidation sites excluding steroid dienone is 2. The minimum Gasteiger partial charge on any atom is -0.508 e. The van der Waals surface area contributed by atoms with Crippen LogP contribution in [0.2, 0.25) is 0 Å². The van der Waals surface area contributed by atoms with Crippen LogP contribution in [-0.2, 0) is 6.42 Å². The molecule has 0 unspecified atom stereocenters. The summed E-state index contributed by atoms with van der Waals surface area (Å²) in [5.41, 5.74) is 4.15. The van der Waals surface area contributed by atoms with E-state index in [9.17, 15) is 10.2 Å². The van der Waals surface area contributed by atoms with Gasteiger partial charge in [-0.25, -0.2) is 0 Å². The highest BCUT2D eigenvalue weighted by Gasteiger charge is 2.09. The molecular formula is C21H24O3S. The Kier molecular flexibility index (Phi) is 6.59. The predicted molar refractivity (Wildman–Crippen MR) is 107 cm³/mol. The van der Waals surface area contributed by atoms with Crippen molar-refractivity contribution in [1.29, 1.82) is 0 Å². The van der Waals surface area contributed by atoms with Gasteiger partial charge in [0.1, 0.15) is 17.2 Å². The van der Waals surface area contributed by atoms with Crippen molar-refractivity contribution >= 4 is 23.9 Å². The fraction of sp³-hybridized carbons (Fsp3) is 0.238. The average Bonchev–Trinajstić information content (AvgIpc) is 2.59. The molecule has 0 saturated carbocycles. The van der Waals surface area contributed by atoms with Crippen LogP contribution in [-0.4, -0.2) is 23.6 Å². The molecule has 0 aliphatic heterocycles. The lowest BCUT2D eigenvalue weighted by Gasteiger charge is -2.12. The van der Waals surface area contributed by atoms with Crippen LogP contribution in [0.15, 0.2) is 46.9 Å². The maximum Gasteiger partial charge on any atom is 0.129 e. The third-order valence-electron chi connectivity index (χ3n) is 3.82. The summed E-state index contributed by atoms with van der Waals surface area (Å²) in [6, 6.07) is 8.87. The van der Waals surface area contributed by atoms with E-state index in [1.807, 2.05) is 30.5 Å². The summed E-state index contributed by atoms with van der Waals surface area (Å²) in [6.45, 7) is 4.12. The van der Waals surface area contributed by atoms with E-state index in [-0.39, 0.29) is 11.5 Å². The first-order valence-electron chi connectivity index (χ1n) is 8.03. The van der Waals surface area contributed by atoms with Gasteiger partial charge in [-0.1, -0.05) is 29.9 Å². The van der Waals surface area contributed by atoms with Crippen LogP contribution in [0, 0.1) is 0 Å². The zero-order valence-electron chi connectivity index (χ0n) is 15.0. The molecule has 0 spiro atoms. The smallest absolute Gasteiger partial charge is 0.129 e. The van der Waals surface area contributed by atoms with Crippen molar-refractivity contribution in [1.82, 2.24) is 0 Å². The first-order chi connectivity index (χ1) is 11.9. The predicted octanol–water partition coefficient (Wildman–Crippen LogP) is 5.51. The highest BCUT2D eigenvalue weighted by molar-refractivity contribution is 7.98. The molecule has 0 radical (unpaired) electrons. The normalized spacial score (nSPS) is 10.9. The van der Waals surface area contributed by atoms with Crippen LogP contribution < -0.4 is 4.74 Å². The molecule has 2 N–H and O–H groups in total. The van der Waals surface area contributed by atoms with E-state index in [1.165, 1.54) is 17.3 Å². The van der Waals surface area contributed by atoms with Gasteiger partial charge in [0, 0.05) is 16.5 Å². The molecule has 132 valence electrons. The first kappa shape index (κ1) is 19.0. The quantitative estimate of drug-likeness (QED) is 0.407. The summed E-state index contributed by atoms with van der Waals surface area (Å²) >= 11 is 1.50. The Morgan fingerprint density at radius 3 is 2.52 bits per heavy atom. The second-order valence-electron chi connectivity index (χ2n) is 5.97. The van der Waals surface area contributed by atoms with Crippen LogP contribution in [0.3, 0.4) is 0 Å². The maximum absolute atomic E-state index is 9.98. The molecule has 0 heterocycles. The maximum atomic E-state index is 9.98. The topological polar surface area (TPSA) is 49.7 Å². The molecule has 0 fully saturated rings. The molecule has 3 nitrogen and oxygen atoms in total. The molecule has 2 aromatic carbocycles. The van der Waals surface area contributed by atoms with E-state index >= 15 is 0 Å². The van der Waals surface area contributed by atoms with Crippen molar-refractivity contribution in [3.63, 3.8) is 0 Å². The van der Waals surface area contributed by atoms with Crippen molar-refractivity contribution in [2.24, 2.45) is 0 Å². The molecule has 0 aliphatic rings. The van der Waals surface area contributed by atoms with Gasteiger partial charge in [-0.3, -0.25) is 0 Å². The van der Waals surface area contributed by atoms with Gasteiger partial charge in [0.15, 0.2) is 0 Å². The van der Waals surface area contributed by atoms with E-state index in [4.69, 9.17) is 4.74 Å². The van der Waals surface area contributed by atoms with E-state index in [0.29, 0.717) is 5.75 Å². The number of phenolic OH excluding ortho intramolecular Hbond substituents is 2. The number of hydrogen-bond donors (Lipinski definition) is 2. The summed E-state index contributed by atoms with van der Waals surface area (Å²) in [5, 5.41) is 19.8. The van der Waals surface area contributed by atoms with Crippen LogP contribution in [0.5, 0.6) is 17.2 Å². The zero-order chi connectivity index (χ0) is 18.4. The molecule has 0 bridgehead atoms. The molecule has 25 heavy (non-hydrogen) atoms. The standard InChI is InChI=1S/C21H24O3S/c1-14(2)5-9-18-16(12-17(22)13-20(18)24-3)8-6-15-7-10-19(23)21(11-15)25-4/h5-8,10-13,22-23H,9H2,1-4H3. The number of benzene rings is 2. The van der Waals surface area contributed by atoms with Gasteiger partial charge >= 0.3 is 0 Å². The second kappa shape index (κ2) is 8.67. The van der Waals surface area contributed by atoms with Crippen molar-refractivity contribution in [3.8, 4) is 17.2 Å². The minimum absolute atomic E-state index is 0.174. The molecule has 0 saturated heterocycles. The summed E-state index contributed by atoms with van der Waals surface area (Å²) in [5.74, 6) is 1.13. The van der Waals surface area contributed by atoms with E-state index in [0.717, 1.165) is 28.0 Å². The summed E-state index contributed by atoms with van der Waals surface area (Å²) < 4.78 is 5.44. The molecule has 0 aromatic heterocycles. The van der Waals surface area contributed by atoms with E-state index in [2.05, 4.69) is 19.9 Å². The average molecular weight is 356 g/mol. The van der Waals surface area contributed by atoms with Crippen LogP contribution in [0.4, 0.5) is 0 Å². The van der Waals surface area contributed by atoms with Gasteiger partial charge in [0.2, 0.25) is 0 Å². The highest BCUT2D eigenvalue weighted by Crippen LogP contribution is 2.31. The van der Waals surface area contributed by atoms with E-state index < -0.39 is 0 Å². The Bertz CT molecular complexity index is 803. The number of hydrogen-bond acceptors (Lipinski definition) is 4. The first-order valence-corrected chi connectivity index (χ1v) is 9.25. The van der Waals surface area contributed by atoms with Crippen molar-refractivity contribution in [3.05, 3.63) is 58.7 Å². The van der Waals surface area contributed by atoms with Gasteiger partial charge in [0.25, 0.3) is 0 Å². The van der Waals surface area contributed by atoms with Gasteiger partial charge in [-0.15, -0.1) is 11.8 Å². The summed E-state index contributed by atoms with van der Waals surface area (Å²) in [6.07, 6.45) is 8.74.